The van der Waals surface area contributed by atoms with Crippen LogP contribution in [0.3, 0.4) is 0 Å². The molecule has 27 heavy (non-hydrogen) atoms. The molecule has 2 fully saturated rings. The Hall–Kier alpha value is -1.99. The summed E-state index contributed by atoms with van der Waals surface area (Å²) in [6.07, 6.45) is 2.56. The molecule has 1 amide bonds. The van der Waals surface area contributed by atoms with Gasteiger partial charge in [0.05, 0.1) is 17.2 Å². The first kappa shape index (κ1) is 18.4. The van der Waals surface area contributed by atoms with Crippen molar-refractivity contribution in [1.82, 2.24) is 9.88 Å². The summed E-state index contributed by atoms with van der Waals surface area (Å²) in [5.74, 6) is 0.00796. The largest absolute Gasteiger partial charge is 0.380 e. The molecule has 0 N–H and O–H groups in total. The lowest BCUT2D eigenvalue weighted by Gasteiger charge is -2.47. The first-order chi connectivity index (χ1) is 13.0. The van der Waals surface area contributed by atoms with Gasteiger partial charge < -0.3 is 14.5 Å². The maximum atomic E-state index is 13.1. The molecule has 2 aliphatic heterocycles. The molecule has 1 unspecified atom stereocenters. The van der Waals surface area contributed by atoms with E-state index >= 15 is 0 Å². The highest BCUT2D eigenvalue weighted by atomic mass is 32.1. The Bertz CT molecular complexity index is 815. The van der Waals surface area contributed by atoms with E-state index in [-0.39, 0.29) is 23.2 Å². The number of hydrogen-bond acceptors (Lipinski definition) is 5. The molecule has 1 spiro atoms. The highest BCUT2D eigenvalue weighted by molar-refractivity contribution is 7.14. The predicted octanol–water partition coefficient (Wildman–Crippen LogP) is 3.41. The predicted molar refractivity (Wildman–Crippen MR) is 104 cm³/mol. The number of piperidine rings is 2. The highest BCUT2D eigenvalue weighted by Crippen LogP contribution is 2.42. The number of benzene rings is 1. The van der Waals surface area contributed by atoms with Crippen molar-refractivity contribution in [1.29, 1.82) is 0 Å². The molecule has 1 aromatic carbocycles. The molecule has 1 aromatic heterocycles. The van der Waals surface area contributed by atoms with Crippen molar-refractivity contribution in [2.45, 2.75) is 25.4 Å². The number of likely N-dealkylation sites (N-methyl/N-ethyl adjacent to an activating group) is 1. The summed E-state index contributed by atoms with van der Waals surface area (Å²) < 4.78 is 18.7. The van der Waals surface area contributed by atoms with Crippen molar-refractivity contribution >= 4 is 22.4 Å². The minimum atomic E-state index is -0.304. The van der Waals surface area contributed by atoms with Crippen LogP contribution in [0.4, 0.5) is 9.52 Å². The van der Waals surface area contributed by atoms with Crippen LogP contribution in [0.15, 0.2) is 29.6 Å². The molecule has 5 nitrogen and oxygen atoms in total. The van der Waals surface area contributed by atoms with Crippen LogP contribution in [0.1, 0.15) is 19.3 Å². The summed E-state index contributed by atoms with van der Waals surface area (Å²) >= 11 is 1.60. The number of likely N-dealkylation sites (tertiary alicyclic amines) is 1. The third-order valence-corrected chi connectivity index (χ3v) is 6.75. The zero-order chi connectivity index (χ0) is 19.0. The van der Waals surface area contributed by atoms with Crippen LogP contribution in [-0.4, -0.2) is 55.7 Å². The van der Waals surface area contributed by atoms with Crippen LogP contribution in [0, 0.1) is 11.2 Å². The van der Waals surface area contributed by atoms with E-state index in [0.717, 1.165) is 48.7 Å². The van der Waals surface area contributed by atoms with Gasteiger partial charge in [0.25, 0.3) is 0 Å². The Morgan fingerprint density at radius 3 is 2.63 bits per heavy atom. The lowest BCUT2D eigenvalue weighted by molar-refractivity contribution is -0.153. The first-order valence-corrected chi connectivity index (χ1v) is 10.1. The smallest absolute Gasteiger partial charge is 0.228 e. The van der Waals surface area contributed by atoms with Crippen LogP contribution < -0.4 is 4.90 Å². The molecule has 4 rings (SSSR count). The van der Waals surface area contributed by atoms with Crippen molar-refractivity contribution in [3.8, 4) is 11.3 Å². The number of anilines is 1. The Morgan fingerprint density at radius 1 is 1.26 bits per heavy atom. The fourth-order valence-electron chi connectivity index (χ4n) is 4.25. The van der Waals surface area contributed by atoms with E-state index in [1.54, 1.807) is 30.6 Å². The third kappa shape index (κ3) is 3.46. The molecule has 1 atom stereocenters. The lowest BCUT2D eigenvalue weighted by Crippen LogP contribution is -2.56. The second-order valence-electron chi connectivity index (χ2n) is 7.54. The molecule has 0 aliphatic carbocycles. The van der Waals surface area contributed by atoms with Crippen molar-refractivity contribution in [2.75, 3.05) is 38.7 Å². The number of nitrogens with zero attached hydrogens (tertiary/aromatic N) is 3. The van der Waals surface area contributed by atoms with Crippen LogP contribution in [0.25, 0.3) is 11.3 Å². The number of thiazole rings is 1. The monoisotopic (exact) mass is 389 g/mol. The van der Waals surface area contributed by atoms with Gasteiger partial charge in [-0.05, 0) is 43.5 Å². The number of carbonyl (C=O) groups is 1. The number of methoxy groups -OCH3 is 1. The van der Waals surface area contributed by atoms with Gasteiger partial charge in [0.2, 0.25) is 5.91 Å². The summed E-state index contributed by atoms with van der Waals surface area (Å²) in [6.45, 7) is 2.30. The Balaban J connectivity index is 1.46. The van der Waals surface area contributed by atoms with Gasteiger partial charge >= 0.3 is 0 Å². The third-order valence-electron chi connectivity index (χ3n) is 5.85. The second kappa shape index (κ2) is 7.20. The Morgan fingerprint density at radius 2 is 1.96 bits per heavy atom. The molecule has 2 aromatic rings. The average molecular weight is 389 g/mol. The average Bonchev–Trinajstić information content (AvgIpc) is 3.17. The van der Waals surface area contributed by atoms with E-state index in [9.17, 15) is 9.18 Å². The SMILES string of the molecule is COC1CN(C)C(=O)C2(CCN(c3nc(-c4ccc(F)cc4)cs3)CC2)C1. The van der Waals surface area contributed by atoms with E-state index in [2.05, 4.69) is 4.90 Å². The summed E-state index contributed by atoms with van der Waals surface area (Å²) in [4.78, 5) is 21.6. The minimum absolute atomic E-state index is 0.115. The first-order valence-electron chi connectivity index (χ1n) is 9.25. The molecule has 0 saturated carbocycles. The van der Waals surface area contributed by atoms with Gasteiger partial charge in [0.1, 0.15) is 5.82 Å². The summed E-state index contributed by atoms with van der Waals surface area (Å²) in [6, 6.07) is 6.41. The zero-order valence-corrected chi connectivity index (χ0v) is 16.5. The number of ether oxygens (including phenoxy) is 1. The minimum Gasteiger partial charge on any atom is -0.380 e. The van der Waals surface area contributed by atoms with E-state index in [1.807, 2.05) is 17.3 Å². The number of rotatable bonds is 3. The van der Waals surface area contributed by atoms with Crippen molar-refractivity contribution < 1.29 is 13.9 Å². The zero-order valence-electron chi connectivity index (χ0n) is 15.7. The number of hydrogen-bond donors (Lipinski definition) is 0. The van der Waals surface area contributed by atoms with Gasteiger partial charge in [-0.2, -0.15) is 0 Å². The van der Waals surface area contributed by atoms with E-state index in [0.29, 0.717) is 6.54 Å². The van der Waals surface area contributed by atoms with E-state index < -0.39 is 0 Å². The topological polar surface area (TPSA) is 45.7 Å². The molecular weight excluding hydrogens is 365 g/mol. The quantitative estimate of drug-likeness (QED) is 0.807. The molecule has 7 heteroatoms. The van der Waals surface area contributed by atoms with Gasteiger partial charge in [-0.1, -0.05) is 0 Å². The Labute approximate surface area is 162 Å². The molecule has 144 valence electrons. The van der Waals surface area contributed by atoms with Gasteiger partial charge in [0, 0.05) is 44.7 Å². The van der Waals surface area contributed by atoms with E-state index in [4.69, 9.17) is 9.72 Å². The maximum Gasteiger partial charge on any atom is 0.228 e. The lowest BCUT2D eigenvalue weighted by atomic mass is 9.71. The van der Waals surface area contributed by atoms with Crippen LogP contribution in [-0.2, 0) is 9.53 Å². The van der Waals surface area contributed by atoms with Gasteiger partial charge in [0.15, 0.2) is 5.13 Å². The van der Waals surface area contributed by atoms with Crippen LogP contribution in [0.5, 0.6) is 0 Å². The Kier molecular flexibility index (Phi) is 4.90. The second-order valence-corrected chi connectivity index (χ2v) is 8.37. The molecule has 2 saturated heterocycles. The molecule has 0 bridgehead atoms. The molecular formula is C20H24FN3O2S. The van der Waals surface area contributed by atoms with E-state index in [1.165, 1.54) is 12.1 Å². The number of halogens is 1. The maximum absolute atomic E-state index is 13.1. The van der Waals surface area contributed by atoms with Crippen molar-refractivity contribution in [3.05, 3.63) is 35.5 Å². The van der Waals surface area contributed by atoms with Gasteiger partial charge in [-0.3, -0.25) is 4.79 Å². The highest BCUT2D eigenvalue weighted by Gasteiger charge is 2.48. The normalized spacial score (nSPS) is 22.5. The van der Waals surface area contributed by atoms with Crippen LogP contribution >= 0.6 is 11.3 Å². The molecule has 2 aliphatic rings. The van der Waals surface area contributed by atoms with Gasteiger partial charge in [-0.15, -0.1) is 11.3 Å². The van der Waals surface area contributed by atoms with Crippen molar-refractivity contribution in [2.24, 2.45) is 5.41 Å². The fraction of sp³-hybridized carbons (Fsp3) is 0.500. The fourth-order valence-corrected chi connectivity index (χ4v) is 5.13. The number of amides is 1. The standard InChI is InChI=1S/C20H24FN3O2S/c1-23-12-16(26-2)11-20(18(23)25)7-9-24(10-8-20)19-22-17(13-27-19)14-3-5-15(21)6-4-14/h3-6,13,16H,7-12H2,1-2H3. The van der Waals surface area contributed by atoms with Crippen molar-refractivity contribution in [3.63, 3.8) is 0 Å². The summed E-state index contributed by atoms with van der Waals surface area (Å²) in [5, 5.41) is 2.97. The van der Waals surface area contributed by atoms with Crippen LogP contribution in [0.2, 0.25) is 0 Å². The number of carbonyl (C=O) groups excluding carboxylic acids is 1. The summed E-state index contributed by atoms with van der Waals surface area (Å²) in [5.41, 5.74) is 1.48. The summed E-state index contributed by atoms with van der Waals surface area (Å²) in [7, 11) is 3.60. The molecule has 3 heterocycles. The van der Waals surface area contributed by atoms with Gasteiger partial charge in [-0.25, -0.2) is 9.37 Å². The molecule has 0 radical (unpaired) electrons. The number of aromatic nitrogens is 1.